The standard InChI is InChI=1S/C24H28N4O2/c1-3-26-13-8-14-27(16-15-26)24(29)22-18-28(20-10-5-4-6-11-20)25-23(22)19-9-7-12-21(17-19)30-2/h4-7,9-12,17-18H,3,8,13-16H2,1-2H3. The smallest absolute Gasteiger partial charge is 0.257 e. The second-order valence-corrected chi connectivity index (χ2v) is 7.48. The van der Waals surface area contributed by atoms with Crippen LogP contribution in [0.15, 0.2) is 60.8 Å². The largest absolute Gasteiger partial charge is 0.497 e. The fourth-order valence-corrected chi connectivity index (χ4v) is 3.89. The molecule has 4 rings (SSSR count). The first-order chi connectivity index (χ1) is 14.7. The highest BCUT2D eigenvalue weighted by Crippen LogP contribution is 2.28. The van der Waals surface area contributed by atoms with Gasteiger partial charge in [0, 0.05) is 31.4 Å². The lowest BCUT2D eigenvalue weighted by molar-refractivity contribution is 0.0762. The SMILES string of the molecule is CCN1CCCN(C(=O)c2cn(-c3ccccc3)nc2-c2cccc(OC)c2)CC1. The predicted octanol–water partition coefficient (Wildman–Crippen LogP) is 3.72. The molecule has 0 unspecified atom stereocenters. The van der Waals surface area contributed by atoms with E-state index in [-0.39, 0.29) is 5.91 Å². The van der Waals surface area contributed by atoms with Crippen LogP contribution in [0.4, 0.5) is 0 Å². The molecule has 0 bridgehead atoms. The summed E-state index contributed by atoms with van der Waals surface area (Å²) in [5.74, 6) is 0.779. The van der Waals surface area contributed by atoms with Crippen LogP contribution in [0.3, 0.4) is 0 Å². The lowest BCUT2D eigenvalue weighted by Gasteiger charge is -2.21. The van der Waals surface area contributed by atoms with Crippen molar-refractivity contribution in [2.75, 3.05) is 39.8 Å². The third kappa shape index (κ3) is 4.24. The van der Waals surface area contributed by atoms with Gasteiger partial charge in [-0.3, -0.25) is 4.79 Å². The first-order valence-electron chi connectivity index (χ1n) is 10.5. The molecular formula is C24H28N4O2. The van der Waals surface area contributed by atoms with Crippen molar-refractivity contribution < 1.29 is 9.53 Å². The van der Waals surface area contributed by atoms with E-state index in [2.05, 4.69) is 11.8 Å². The second-order valence-electron chi connectivity index (χ2n) is 7.48. The van der Waals surface area contributed by atoms with Crippen molar-refractivity contribution in [1.82, 2.24) is 19.6 Å². The predicted molar refractivity (Wildman–Crippen MR) is 118 cm³/mol. The molecule has 0 saturated carbocycles. The number of amides is 1. The minimum Gasteiger partial charge on any atom is -0.497 e. The Labute approximate surface area is 177 Å². The van der Waals surface area contributed by atoms with E-state index in [1.165, 1.54) is 0 Å². The first-order valence-corrected chi connectivity index (χ1v) is 10.5. The summed E-state index contributed by atoms with van der Waals surface area (Å²) in [6, 6.07) is 17.6. The van der Waals surface area contributed by atoms with Crippen molar-refractivity contribution in [3.8, 4) is 22.7 Å². The fourth-order valence-electron chi connectivity index (χ4n) is 3.89. The summed E-state index contributed by atoms with van der Waals surface area (Å²) in [7, 11) is 1.64. The minimum atomic E-state index is 0.0351. The zero-order valence-electron chi connectivity index (χ0n) is 17.6. The van der Waals surface area contributed by atoms with Gasteiger partial charge in [0.1, 0.15) is 11.4 Å². The molecule has 1 saturated heterocycles. The maximum Gasteiger partial charge on any atom is 0.257 e. The highest BCUT2D eigenvalue weighted by molar-refractivity contribution is 6.00. The molecule has 0 N–H and O–H groups in total. The van der Waals surface area contributed by atoms with Crippen LogP contribution in [0, 0.1) is 0 Å². The zero-order valence-corrected chi connectivity index (χ0v) is 17.6. The Morgan fingerprint density at radius 3 is 2.63 bits per heavy atom. The van der Waals surface area contributed by atoms with E-state index in [4.69, 9.17) is 9.84 Å². The van der Waals surface area contributed by atoms with Gasteiger partial charge in [-0.25, -0.2) is 4.68 Å². The van der Waals surface area contributed by atoms with Gasteiger partial charge in [-0.15, -0.1) is 0 Å². The van der Waals surface area contributed by atoms with Gasteiger partial charge in [-0.05, 0) is 43.8 Å². The summed E-state index contributed by atoms with van der Waals surface area (Å²) in [6.07, 6.45) is 2.84. The Balaban J connectivity index is 1.73. The number of rotatable bonds is 5. The van der Waals surface area contributed by atoms with Gasteiger partial charge >= 0.3 is 0 Å². The number of hydrogen-bond acceptors (Lipinski definition) is 4. The summed E-state index contributed by atoms with van der Waals surface area (Å²) < 4.78 is 7.18. The van der Waals surface area contributed by atoms with E-state index in [0.29, 0.717) is 11.3 Å². The highest BCUT2D eigenvalue weighted by Gasteiger charge is 2.25. The van der Waals surface area contributed by atoms with Crippen molar-refractivity contribution in [3.05, 3.63) is 66.4 Å². The quantitative estimate of drug-likeness (QED) is 0.650. The van der Waals surface area contributed by atoms with Crippen molar-refractivity contribution in [1.29, 1.82) is 0 Å². The zero-order chi connectivity index (χ0) is 20.9. The Morgan fingerprint density at radius 2 is 1.87 bits per heavy atom. The molecule has 1 amide bonds. The number of para-hydroxylation sites is 1. The van der Waals surface area contributed by atoms with Crippen molar-refractivity contribution >= 4 is 5.91 Å². The molecule has 156 valence electrons. The molecule has 2 heterocycles. The molecule has 6 nitrogen and oxygen atoms in total. The third-order valence-corrected chi connectivity index (χ3v) is 5.63. The van der Waals surface area contributed by atoms with Gasteiger partial charge in [-0.1, -0.05) is 37.3 Å². The van der Waals surface area contributed by atoms with E-state index in [9.17, 15) is 4.79 Å². The summed E-state index contributed by atoms with van der Waals surface area (Å²) >= 11 is 0. The van der Waals surface area contributed by atoms with Gasteiger partial charge < -0.3 is 14.5 Å². The second kappa shape index (κ2) is 9.13. The average Bonchev–Trinajstić information content (AvgIpc) is 3.11. The summed E-state index contributed by atoms with van der Waals surface area (Å²) in [5.41, 5.74) is 3.10. The number of carbonyl (C=O) groups excluding carboxylic acids is 1. The number of aromatic nitrogens is 2. The number of hydrogen-bond donors (Lipinski definition) is 0. The maximum atomic E-state index is 13.6. The molecule has 0 aliphatic carbocycles. The van der Waals surface area contributed by atoms with Crippen LogP contribution in [0.2, 0.25) is 0 Å². The molecule has 3 aromatic rings. The molecule has 1 aromatic heterocycles. The van der Waals surface area contributed by atoms with Crippen molar-refractivity contribution in [2.45, 2.75) is 13.3 Å². The molecule has 1 aliphatic rings. The number of likely N-dealkylation sites (N-methyl/N-ethyl adjacent to an activating group) is 1. The minimum absolute atomic E-state index is 0.0351. The van der Waals surface area contributed by atoms with E-state index in [0.717, 1.165) is 56.1 Å². The Kier molecular flexibility index (Phi) is 6.14. The third-order valence-electron chi connectivity index (χ3n) is 5.63. The van der Waals surface area contributed by atoms with Crippen LogP contribution in [-0.2, 0) is 0 Å². The Morgan fingerprint density at radius 1 is 1.03 bits per heavy atom. The highest BCUT2D eigenvalue weighted by atomic mass is 16.5. The van der Waals surface area contributed by atoms with Gasteiger partial charge in [0.05, 0.1) is 18.4 Å². The fraction of sp³-hybridized carbons (Fsp3) is 0.333. The van der Waals surface area contributed by atoms with Crippen LogP contribution in [0.1, 0.15) is 23.7 Å². The van der Waals surface area contributed by atoms with Crippen LogP contribution >= 0.6 is 0 Å². The van der Waals surface area contributed by atoms with Crippen molar-refractivity contribution in [3.63, 3.8) is 0 Å². The molecule has 0 atom stereocenters. The van der Waals surface area contributed by atoms with Gasteiger partial charge in [0.15, 0.2) is 0 Å². The van der Waals surface area contributed by atoms with Gasteiger partial charge in [0.2, 0.25) is 0 Å². The molecule has 2 aromatic carbocycles. The van der Waals surface area contributed by atoms with Gasteiger partial charge in [0.25, 0.3) is 5.91 Å². The normalized spacial score (nSPS) is 15.1. The van der Waals surface area contributed by atoms with Crippen molar-refractivity contribution in [2.24, 2.45) is 0 Å². The summed E-state index contributed by atoms with van der Waals surface area (Å²) in [6.45, 7) is 6.63. The summed E-state index contributed by atoms with van der Waals surface area (Å²) in [4.78, 5) is 17.9. The van der Waals surface area contributed by atoms with Crippen LogP contribution in [0.25, 0.3) is 16.9 Å². The lowest BCUT2D eigenvalue weighted by Crippen LogP contribution is -2.35. The number of methoxy groups -OCH3 is 1. The average molecular weight is 405 g/mol. The molecule has 0 radical (unpaired) electrons. The number of benzene rings is 2. The number of nitrogens with zero attached hydrogens (tertiary/aromatic N) is 4. The molecule has 1 aliphatic heterocycles. The van der Waals surface area contributed by atoms with Crippen LogP contribution in [-0.4, -0.2) is 65.3 Å². The first kappa shape index (κ1) is 20.2. The Bertz CT molecular complexity index is 999. The molecular weight excluding hydrogens is 376 g/mol. The van der Waals surface area contributed by atoms with Crippen LogP contribution in [0.5, 0.6) is 5.75 Å². The lowest BCUT2D eigenvalue weighted by atomic mass is 10.1. The molecule has 30 heavy (non-hydrogen) atoms. The van der Waals surface area contributed by atoms with E-state index < -0.39 is 0 Å². The van der Waals surface area contributed by atoms with Gasteiger partial charge in [-0.2, -0.15) is 5.10 Å². The monoisotopic (exact) mass is 404 g/mol. The van der Waals surface area contributed by atoms with E-state index >= 15 is 0 Å². The van der Waals surface area contributed by atoms with Crippen LogP contribution < -0.4 is 4.74 Å². The Hall–Kier alpha value is -3.12. The molecule has 6 heteroatoms. The molecule has 1 fully saturated rings. The number of ether oxygens (including phenoxy) is 1. The maximum absolute atomic E-state index is 13.6. The summed E-state index contributed by atoms with van der Waals surface area (Å²) in [5, 5.41) is 4.80. The molecule has 0 spiro atoms. The van der Waals surface area contributed by atoms with E-state index in [1.807, 2.05) is 65.7 Å². The topological polar surface area (TPSA) is 50.6 Å². The van der Waals surface area contributed by atoms with E-state index in [1.54, 1.807) is 11.8 Å². The number of carbonyl (C=O) groups is 1.